The summed E-state index contributed by atoms with van der Waals surface area (Å²) in [6, 6.07) is 9.28. The standard InChI is InChI=1S/C18H14Cl2N2O5/c1-11-4-2-7-15(22(25)26)18(11)21-16(23)10-27-17(24)9-8-12-13(19)5-3-6-14(12)20/h2-9H,10H2,1H3,(H,21,23)/b9-8+. The third-order valence-electron chi connectivity index (χ3n) is 3.44. The first-order chi connectivity index (χ1) is 12.8. The molecule has 0 unspecified atom stereocenters. The minimum Gasteiger partial charge on any atom is -0.452 e. The molecule has 0 saturated carbocycles. The lowest BCUT2D eigenvalue weighted by Gasteiger charge is -2.08. The van der Waals surface area contributed by atoms with Gasteiger partial charge in [0.05, 0.1) is 4.92 Å². The van der Waals surface area contributed by atoms with Crippen LogP contribution in [0.1, 0.15) is 11.1 Å². The summed E-state index contributed by atoms with van der Waals surface area (Å²) in [5, 5.41) is 14.1. The molecule has 2 aromatic carbocycles. The summed E-state index contributed by atoms with van der Waals surface area (Å²) in [4.78, 5) is 34.1. The summed E-state index contributed by atoms with van der Waals surface area (Å²) >= 11 is 12.0. The number of halogens is 2. The normalized spacial score (nSPS) is 10.6. The molecule has 1 N–H and O–H groups in total. The second kappa shape index (κ2) is 9.16. The van der Waals surface area contributed by atoms with Crippen molar-refractivity contribution in [1.82, 2.24) is 0 Å². The van der Waals surface area contributed by atoms with Crippen LogP contribution in [0.15, 0.2) is 42.5 Å². The molecular formula is C18H14Cl2N2O5. The van der Waals surface area contributed by atoms with Crippen molar-refractivity contribution in [2.24, 2.45) is 0 Å². The average molecular weight is 409 g/mol. The molecule has 2 aromatic rings. The number of rotatable bonds is 6. The molecule has 0 atom stereocenters. The number of nitrogens with zero attached hydrogens (tertiary/aromatic N) is 1. The summed E-state index contributed by atoms with van der Waals surface area (Å²) in [7, 11) is 0. The summed E-state index contributed by atoms with van der Waals surface area (Å²) in [5.74, 6) is -1.50. The second-order valence-electron chi connectivity index (χ2n) is 5.35. The van der Waals surface area contributed by atoms with Gasteiger partial charge in [-0.2, -0.15) is 0 Å². The highest BCUT2D eigenvalue weighted by molar-refractivity contribution is 6.37. The molecule has 0 saturated heterocycles. The number of hydrogen-bond donors (Lipinski definition) is 1. The fraction of sp³-hybridized carbons (Fsp3) is 0.111. The molecule has 0 aliphatic rings. The van der Waals surface area contributed by atoms with Gasteiger partial charge >= 0.3 is 5.97 Å². The van der Waals surface area contributed by atoms with E-state index in [9.17, 15) is 19.7 Å². The third kappa shape index (κ3) is 5.54. The SMILES string of the molecule is Cc1cccc([N+](=O)[O-])c1NC(=O)COC(=O)/C=C/c1c(Cl)cccc1Cl. The minimum atomic E-state index is -0.791. The topological polar surface area (TPSA) is 98.5 Å². The van der Waals surface area contributed by atoms with Gasteiger partial charge in [-0.25, -0.2) is 4.79 Å². The summed E-state index contributed by atoms with van der Waals surface area (Å²) in [5.41, 5.74) is 0.764. The van der Waals surface area contributed by atoms with Crippen LogP contribution >= 0.6 is 23.2 Å². The van der Waals surface area contributed by atoms with Gasteiger partial charge in [0.25, 0.3) is 11.6 Å². The average Bonchev–Trinajstić information content (AvgIpc) is 2.61. The quantitative estimate of drug-likeness (QED) is 0.330. The number of para-hydroxylation sites is 1. The van der Waals surface area contributed by atoms with Crippen LogP contribution in [0, 0.1) is 17.0 Å². The largest absolute Gasteiger partial charge is 0.452 e. The molecule has 0 spiro atoms. The Balaban J connectivity index is 1.97. The van der Waals surface area contributed by atoms with E-state index in [2.05, 4.69) is 5.32 Å². The van der Waals surface area contributed by atoms with Crippen molar-refractivity contribution >= 4 is 52.5 Å². The van der Waals surface area contributed by atoms with Crippen LogP contribution in [0.25, 0.3) is 6.08 Å². The van der Waals surface area contributed by atoms with Crippen molar-refractivity contribution in [3.8, 4) is 0 Å². The molecule has 140 valence electrons. The van der Waals surface area contributed by atoms with Gasteiger partial charge in [-0.1, -0.05) is 41.4 Å². The van der Waals surface area contributed by atoms with E-state index in [4.69, 9.17) is 27.9 Å². The number of benzene rings is 2. The van der Waals surface area contributed by atoms with Gasteiger partial charge in [0.2, 0.25) is 0 Å². The van der Waals surface area contributed by atoms with E-state index < -0.39 is 23.4 Å². The first-order valence-electron chi connectivity index (χ1n) is 7.62. The molecule has 7 nitrogen and oxygen atoms in total. The minimum absolute atomic E-state index is 0.0574. The molecular weight excluding hydrogens is 395 g/mol. The van der Waals surface area contributed by atoms with Crippen molar-refractivity contribution in [3.05, 3.63) is 73.8 Å². The molecule has 27 heavy (non-hydrogen) atoms. The molecule has 9 heteroatoms. The van der Waals surface area contributed by atoms with Crippen LogP contribution < -0.4 is 5.32 Å². The number of amides is 1. The molecule has 2 rings (SSSR count). The first kappa shape index (κ1) is 20.4. The molecule has 0 heterocycles. The predicted octanol–water partition coefficient (Wildman–Crippen LogP) is 4.41. The second-order valence-corrected chi connectivity index (χ2v) is 6.17. The number of carbonyl (C=O) groups excluding carboxylic acids is 2. The molecule has 0 aliphatic carbocycles. The zero-order chi connectivity index (χ0) is 20.0. The lowest BCUT2D eigenvalue weighted by molar-refractivity contribution is -0.384. The molecule has 0 radical (unpaired) electrons. The van der Waals surface area contributed by atoms with E-state index in [1.54, 1.807) is 31.2 Å². The number of hydrogen-bond acceptors (Lipinski definition) is 5. The van der Waals surface area contributed by atoms with E-state index in [0.29, 0.717) is 21.2 Å². The lowest BCUT2D eigenvalue weighted by atomic mass is 10.1. The van der Waals surface area contributed by atoms with Crippen molar-refractivity contribution in [2.45, 2.75) is 6.92 Å². The van der Waals surface area contributed by atoms with Crippen LogP contribution in [0.3, 0.4) is 0 Å². The molecule has 0 aliphatic heterocycles. The summed E-state index contributed by atoms with van der Waals surface area (Å²) in [6.45, 7) is 1.01. The Hall–Kier alpha value is -2.90. The van der Waals surface area contributed by atoms with Gasteiger partial charge < -0.3 is 10.1 Å². The monoisotopic (exact) mass is 408 g/mol. The number of nitro benzene ring substituents is 1. The Morgan fingerprint density at radius 1 is 1.19 bits per heavy atom. The van der Waals surface area contributed by atoms with Crippen LogP contribution in [0.2, 0.25) is 10.0 Å². The van der Waals surface area contributed by atoms with Crippen molar-refractivity contribution in [2.75, 3.05) is 11.9 Å². The molecule has 0 aromatic heterocycles. The smallest absolute Gasteiger partial charge is 0.331 e. The fourth-order valence-corrected chi connectivity index (χ4v) is 2.67. The van der Waals surface area contributed by atoms with E-state index in [0.717, 1.165) is 6.08 Å². The van der Waals surface area contributed by atoms with Crippen LogP contribution in [-0.2, 0) is 14.3 Å². The van der Waals surface area contributed by atoms with Gasteiger partial charge in [0, 0.05) is 27.8 Å². The van der Waals surface area contributed by atoms with Gasteiger partial charge in [-0.05, 0) is 30.7 Å². The van der Waals surface area contributed by atoms with Crippen molar-refractivity contribution in [1.29, 1.82) is 0 Å². The molecule has 0 bridgehead atoms. The summed E-state index contributed by atoms with van der Waals surface area (Å²) in [6.07, 6.45) is 2.45. The maximum Gasteiger partial charge on any atom is 0.331 e. The molecule has 0 fully saturated rings. The number of nitro groups is 1. The van der Waals surface area contributed by atoms with Gasteiger partial charge in [-0.15, -0.1) is 0 Å². The Morgan fingerprint density at radius 3 is 2.44 bits per heavy atom. The third-order valence-corrected chi connectivity index (χ3v) is 4.10. The number of carbonyl (C=O) groups is 2. The predicted molar refractivity (Wildman–Crippen MR) is 103 cm³/mol. The fourth-order valence-electron chi connectivity index (χ4n) is 2.15. The highest BCUT2D eigenvalue weighted by Gasteiger charge is 2.18. The van der Waals surface area contributed by atoms with E-state index >= 15 is 0 Å². The zero-order valence-corrected chi connectivity index (χ0v) is 15.6. The Bertz CT molecular complexity index is 908. The van der Waals surface area contributed by atoms with Gasteiger partial charge in [0.1, 0.15) is 5.69 Å². The number of ether oxygens (including phenoxy) is 1. The van der Waals surface area contributed by atoms with Crippen LogP contribution in [0.4, 0.5) is 11.4 Å². The lowest BCUT2D eigenvalue weighted by Crippen LogP contribution is -2.21. The van der Waals surface area contributed by atoms with E-state index in [1.807, 2.05) is 0 Å². The highest BCUT2D eigenvalue weighted by atomic mass is 35.5. The Kier molecular flexibility index (Phi) is 6.92. The van der Waals surface area contributed by atoms with Crippen LogP contribution in [-0.4, -0.2) is 23.4 Å². The van der Waals surface area contributed by atoms with E-state index in [1.165, 1.54) is 18.2 Å². The van der Waals surface area contributed by atoms with Crippen molar-refractivity contribution < 1.29 is 19.2 Å². The Labute approximate surface area is 164 Å². The van der Waals surface area contributed by atoms with Gasteiger partial charge in [0.15, 0.2) is 6.61 Å². The zero-order valence-electron chi connectivity index (χ0n) is 14.1. The maximum atomic E-state index is 11.9. The maximum absolute atomic E-state index is 11.9. The van der Waals surface area contributed by atoms with Crippen molar-refractivity contribution in [3.63, 3.8) is 0 Å². The number of esters is 1. The number of aryl methyl sites for hydroxylation is 1. The first-order valence-corrected chi connectivity index (χ1v) is 8.38. The molecule has 1 amide bonds. The summed E-state index contributed by atoms with van der Waals surface area (Å²) < 4.78 is 4.82. The number of anilines is 1. The van der Waals surface area contributed by atoms with Crippen LogP contribution in [0.5, 0.6) is 0 Å². The Morgan fingerprint density at radius 2 is 1.81 bits per heavy atom. The van der Waals surface area contributed by atoms with Gasteiger partial charge in [-0.3, -0.25) is 14.9 Å². The highest BCUT2D eigenvalue weighted by Crippen LogP contribution is 2.27. The van der Waals surface area contributed by atoms with E-state index in [-0.39, 0.29) is 11.4 Å². The number of nitrogens with one attached hydrogen (secondary N) is 1.